The molecule has 0 atom stereocenters. The predicted molar refractivity (Wildman–Crippen MR) is 101 cm³/mol. The summed E-state index contributed by atoms with van der Waals surface area (Å²) in [7, 11) is 2.87. The summed E-state index contributed by atoms with van der Waals surface area (Å²) in [6.45, 7) is 0. The number of aromatic nitrogens is 2. The van der Waals surface area contributed by atoms with Gasteiger partial charge in [-0.1, -0.05) is 18.2 Å². The number of ether oxygens (including phenoxy) is 2. The molecule has 0 saturated heterocycles. The van der Waals surface area contributed by atoms with E-state index in [-0.39, 0.29) is 22.9 Å². The topological polar surface area (TPSA) is 84.4 Å². The van der Waals surface area contributed by atoms with Gasteiger partial charge in [0, 0.05) is 4.90 Å². The fourth-order valence-electron chi connectivity index (χ4n) is 2.44. The van der Waals surface area contributed by atoms with Crippen LogP contribution in [0.1, 0.15) is 5.82 Å². The number of carbonyl (C=O) groups excluding carboxylic acids is 1. The lowest BCUT2D eigenvalue weighted by atomic mass is 10.2. The number of aromatic amines is 1. The molecule has 0 fully saturated rings. The lowest BCUT2D eigenvalue weighted by molar-refractivity contribution is -0.133. The number of nitrogens with one attached hydrogen (secondary N) is 1. The Labute approximate surface area is 154 Å². The first-order valence-corrected chi connectivity index (χ1v) is 8.83. The van der Waals surface area contributed by atoms with Crippen LogP contribution in [-0.2, 0) is 9.53 Å². The van der Waals surface area contributed by atoms with Gasteiger partial charge >= 0.3 is 5.97 Å². The summed E-state index contributed by atoms with van der Waals surface area (Å²) < 4.78 is 10.0. The summed E-state index contributed by atoms with van der Waals surface area (Å²) in [5.41, 5.74) is 1.51. The van der Waals surface area contributed by atoms with Crippen molar-refractivity contribution >= 4 is 34.3 Å². The Morgan fingerprint density at radius 1 is 1.19 bits per heavy atom. The fourth-order valence-corrected chi connectivity index (χ4v) is 3.26. The Bertz CT molecular complexity index is 932. The molecule has 1 heterocycles. The second-order valence-electron chi connectivity index (χ2n) is 5.38. The molecule has 0 aliphatic rings. The zero-order valence-corrected chi connectivity index (χ0v) is 15.2. The number of aliphatic hydroxyl groups is 1. The van der Waals surface area contributed by atoms with Crippen molar-refractivity contribution in [2.75, 3.05) is 20.0 Å². The number of para-hydroxylation sites is 2. The van der Waals surface area contributed by atoms with E-state index in [0.717, 1.165) is 16.2 Å². The van der Waals surface area contributed by atoms with Crippen molar-refractivity contribution in [1.82, 2.24) is 9.97 Å². The van der Waals surface area contributed by atoms with E-state index in [9.17, 15) is 9.90 Å². The molecular formula is C19H18N2O4S. The molecule has 3 aromatic rings. The number of aliphatic hydroxyl groups excluding tert-OH is 1. The summed E-state index contributed by atoms with van der Waals surface area (Å²) in [6, 6.07) is 14.9. The molecule has 6 nitrogen and oxygen atoms in total. The molecule has 26 heavy (non-hydrogen) atoms. The normalized spacial score (nSPS) is 11.9. The van der Waals surface area contributed by atoms with E-state index in [1.54, 1.807) is 7.11 Å². The van der Waals surface area contributed by atoms with Crippen LogP contribution >= 0.6 is 11.8 Å². The number of nitrogens with zero attached hydrogens (tertiary/aromatic N) is 1. The monoisotopic (exact) mass is 370 g/mol. The van der Waals surface area contributed by atoms with Crippen molar-refractivity contribution < 1.29 is 19.4 Å². The second kappa shape index (κ2) is 7.97. The third-order valence-corrected chi connectivity index (χ3v) is 4.73. The van der Waals surface area contributed by atoms with Crippen LogP contribution < -0.4 is 4.74 Å². The van der Waals surface area contributed by atoms with Gasteiger partial charge in [0.25, 0.3) is 0 Å². The Balaban J connectivity index is 1.90. The number of rotatable bonds is 6. The van der Waals surface area contributed by atoms with Gasteiger partial charge in [-0.3, -0.25) is 0 Å². The van der Waals surface area contributed by atoms with Crippen LogP contribution in [-0.4, -0.2) is 41.0 Å². The molecule has 0 amide bonds. The molecule has 0 aliphatic heterocycles. The Morgan fingerprint density at radius 3 is 2.73 bits per heavy atom. The van der Waals surface area contributed by atoms with Crippen LogP contribution in [0.2, 0.25) is 0 Å². The van der Waals surface area contributed by atoms with Gasteiger partial charge in [0.05, 0.1) is 31.0 Å². The second-order valence-corrected chi connectivity index (χ2v) is 6.43. The Hall–Kier alpha value is -2.93. The Kier molecular flexibility index (Phi) is 5.48. The number of benzene rings is 2. The minimum absolute atomic E-state index is 0.0269. The van der Waals surface area contributed by atoms with Gasteiger partial charge in [-0.15, -0.1) is 11.8 Å². The van der Waals surface area contributed by atoms with Crippen molar-refractivity contribution in [3.8, 4) is 5.75 Å². The molecule has 134 valence electrons. The molecule has 0 spiro atoms. The largest absolute Gasteiger partial charge is 0.510 e. The van der Waals surface area contributed by atoms with E-state index in [1.807, 2.05) is 48.5 Å². The first-order valence-electron chi connectivity index (χ1n) is 7.84. The molecule has 0 saturated carbocycles. The first kappa shape index (κ1) is 17.9. The molecule has 2 N–H and O–H groups in total. The molecule has 7 heteroatoms. The highest BCUT2D eigenvalue weighted by Crippen LogP contribution is 2.27. The van der Waals surface area contributed by atoms with Gasteiger partial charge in [-0.05, 0) is 30.3 Å². The van der Waals surface area contributed by atoms with E-state index in [1.165, 1.54) is 18.9 Å². The van der Waals surface area contributed by atoms with E-state index < -0.39 is 5.97 Å². The van der Waals surface area contributed by atoms with Crippen molar-refractivity contribution in [3.63, 3.8) is 0 Å². The minimum atomic E-state index is -0.646. The average molecular weight is 370 g/mol. The quantitative estimate of drug-likeness (QED) is 0.297. The number of hydrogen-bond acceptors (Lipinski definition) is 6. The third-order valence-electron chi connectivity index (χ3n) is 3.72. The molecule has 0 bridgehead atoms. The van der Waals surface area contributed by atoms with Crippen LogP contribution in [0.3, 0.4) is 0 Å². The fraction of sp³-hybridized carbons (Fsp3) is 0.158. The van der Waals surface area contributed by atoms with Crippen molar-refractivity contribution in [3.05, 3.63) is 60.1 Å². The maximum absolute atomic E-state index is 12.2. The van der Waals surface area contributed by atoms with Crippen molar-refractivity contribution in [2.45, 2.75) is 4.90 Å². The summed E-state index contributed by atoms with van der Waals surface area (Å²) >= 11 is 1.38. The lowest BCUT2D eigenvalue weighted by Gasteiger charge is -2.08. The third kappa shape index (κ3) is 3.83. The smallest absolute Gasteiger partial charge is 0.345 e. The number of H-pyrrole nitrogens is 1. The molecular weight excluding hydrogens is 352 g/mol. The van der Waals surface area contributed by atoms with E-state index in [4.69, 9.17) is 9.47 Å². The molecule has 2 aromatic carbocycles. The zero-order chi connectivity index (χ0) is 18.5. The van der Waals surface area contributed by atoms with E-state index in [0.29, 0.717) is 5.52 Å². The van der Waals surface area contributed by atoms with Gasteiger partial charge in [0.1, 0.15) is 22.9 Å². The number of thioether (sulfide) groups is 1. The molecule has 0 aliphatic carbocycles. The summed E-state index contributed by atoms with van der Waals surface area (Å²) in [5.74, 6) is 0.441. The summed E-state index contributed by atoms with van der Waals surface area (Å²) in [5, 5.41) is 10.5. The molecule has 1 aromatic heterocycles. The van der Waals surface area contributed by atoms with Gasteiger partial charge < -0.3 is 19.6 Å². The highest BCUT2D eigenvalue weighted by molar-refractivity contribution is 7.99. The molecule has 0 radical (unpaired) electrons. The number of imidazole rings is 1. The number of methoxy groups -OCH3 is 2. The van der Waals surface area contributed by atoms with Crippen LogP contribution in [0.5, 0.6) is 5.75 Å². The van der Waals surface area contributed by atoms with Crippen LogP contribution in [0.4, 0.5) is 0 Å². The van der Waals surface area contributed by atoms with Crippen molar-refractivity contribution in [2.24, 2.45) is 0 Å². The van der Waals surface area contributed by atoms with E-state index >= 15 is 0 Å². The summed E-state index contributed by atoms with van der Waals surface area (Å²) in [4.78, 5) is 20.6. The molecule has 0 unspecified atom stereocenters. The first-order chi connectivity index (χ1) is 12.6. The number of carbonyl (C=O) groups is 1. The summed E-state index contributed by atoms with van der Waals surface area (Å²) in [6.07, 6.45) is 0. The van der Waals surface area contributed by atoms with E-state index in [2.05, 4.69) is 9.97 Å². The number of esters is 1. The van der Waals surface area contributed by atoms with Crippen LogP contribution in [0.15, 0.2) is 59.2 Å². The standard InChI is InChI=1S/C19H18N2O4S/c1-24-12-6-5-7-13(10-12)26-11-16(22)17(19(23)25-2)18-20-14-8-3-4-9-15(14)21-18/h3-10,22H,11H2,1-2H3,(H,20,21)/b17-16+. The number of hydrogen-bond donors (Lipinski definition) is 2. The highest BCUT2D eigenvalue weighted by atomic mass is 32.2. The zero-order valence-electron chi connectivity index (χ0n) is 14.4. The Morgan fingerprint density at radius 2 is 2.00 bits per heavy atom. The maximum Gasteiger partial charge on any atom is 0.345 e. The maximum atomic E-state index is 12.2. The number of fused-ring (bicyclic) bond motifs is 1. The lowest BCUT2D eigenvalue weighted by Crippen LogP contribution is -2.09. The van der Waals surface area contributed by atoms with Gasteiger partial charge in [0.15, 0.2) is 0 Å². The predicted octanol–water partition coefficient (Wildman–Crippen LogP) is 3.81. The van der Waals surface area contributed by atoms with Crippen LogP contribution in [0, 0.1) is 0 Å². The highest BCUT2D eigenvalue weighted by Gasteiger charge is 2.22. The SMILES string of the molecule is COC(=O)/C(=C(/O)CSc1cccc(OC)c1)c1nc2ccccc2[nH]1. The van der Waals surface area contributed by atoms with Gasteiger partial charge in [-0.2, -0.15) is 0 Å². The average Bonchev–Trinajstić information content (AvgIpc) is 3.09. The van der Waals surface area contributed by atoms with Gasteiger partial charge in [-0.25, -0.2) is 9.78 Å². The minimum Gasteiger partial charge on any atom is -0.510 e. The molecule has 3 rings (SSSR count). The van der Waals surface area contributed by atoms with Crippen LogP contribution in [0.25, 0.3) is 16.6 Å². The van der Waals surface area contributed by atoms with Crippen molar-refractivity contribution in [1.29, 1.82) is 0 Å². The van der Waals surface area contributed by atoms with Gasteiger partial charge in [0.2, 0.25) is 0 Å².